The first-order valence-electron chi connectivity index (χ1n) is 7.89. The van der Waals surface area contributed by atoms with Crippen LogP contribution in [0.15, 0.2) is 12.2 Å². The van der Waals surface area contributed by atoms with Gasteiger partial charge in [-0.3, -0.25) is 13.8 Å². The van der Waals surface area contributed by atoms with Crippen molar-refractivity contribution in [3.05, 3.63) is 12.2 Å². The third kappa shape index (κ3) is 14.6. The van der Waals surface area contributed by atoms with Crippen molar-refractivity contribution in [1.82, 2.24) is 5.32 Å². The molecule has 0 saturated carbocycles. The van der Waals surface area contributed by atoms with Crippen LogP contribution in [0.5, 0.6) is 0 Å². The Kier molecular flexibility index (Phi) is 10.6. The summed E-state index contributed by atoms with van der Waals surface area (Å²) in [7, 11) is 2.33. The van der Waals surface area contributed by atoms with Gasteiger partial charge in [0.15, 0.2) is 0 Å². The number of phosphoric ester groups is 1. The molecule has 0 aliphatic carbocycles. The lowest BCUT2D eigenvalue weighted by Gasteiger charge is -2.23. The molecular formula is C15H32N2O5P+. The first-order chi connectivity index (χ1) is 10.5. The maximum Gasteiger partial charge on any atom is 0.472 e. The van der Waals surface area contributed by atoms with Crippen molar-refractivity contribution >= 4 is 13.7 Å². The van der Waals surface area contributed by atoms with E-state index >= 15 is 0 Å². The molecule has 1 unspecified atom stereocenters. The number of quaternary nitrogens is 1. The first-order valence-corrected chi connectivity index (χ1v) is 9.39. The Morgan fingerprint density at radius 1 is 1.13 bits per heavy atom. The average Bonchev–Trinajstić information content (AvgIpc) is 2.40. The lowest BCUT2D eigenvalue weighted by atomic mass is 10.3. The Labute approximate surface area is 139 Å². The molecule has 0 fully saturated rings. The minimum Gasteiger partial charge on any atom is -0.352 e. The van der Waals surface area contributed by atoms with Crippen molar-refractivity contribution in [2.45, 2.75) is 32.6 Å². The van der Waals surface area contributed by atoms with Crippen LogP contribution >= 0.6 is 7.82 Å². The van der Waals surface area contributed by atoms with E-state index in [4.69, 9.17) is 9.05 Å². The molecule has 0 aromatic carbocycles. The van der Waals surface area contributed by atoms with Gasteiger partial charge in [0, 0.05) is 12.1 Å². The van der Waals surface area contributed by atoms with Gasteiger partial charge in [-0.15, -0.1) is 0 Å². The molecule has 0 bridgehead atoms. The van der Waals surface area contributed by atoms with Crippen molar-refractivity contribution in [1.29, 1.82) is 0 Å². The van der Waals surface area contributed by atoms with Gasteiger partial charge in [0.2, 0.25) is 5.91 Å². The van der Waals surface area contributed by atoms with Crippen molar-refractivity contribution in [3.8, 4) is 0 Å². The van der Waals surface area contributed by atoms with Gasteiger partial charge in [-0.1, -0.05) is 6.58 Å². The SMILES string of the molecule is C=C(C)C(=O)NCCCCOP(=O)(O)OCCCC[N+](C)(C)C. The van der Waals surface area contributed by atoms with Crippen LogP contribution in [0.3, 0.4) is 0 Å². The number of hydrogen-bond acceptors (Lipinski definition) is 4. The van der Waals surface area contributed by atoms with E-state index < -0.39 is 7.82 Å². The number of unbranched alkanes of at least 4 members (excludes halogenated alkanes) is 2. The summed E-state index contributed by atoms with van der Waals surface area (Å²) >= 11 is 0. The zero-order chi connectivity index (χ0) is 17.9. The highest BCUT2D eigenvalue weighted by atomic mass is 31.2. The molecule has 2 N–H and O–H groups in total. The van der Waals surface area contributed by atoms with E-state index in [1.165, 1.54) is 0 Å². The molecule has 0 spiro atoms. The fourth-order valence-electron chi connectivity index (χ4n) is 1.67. The summed E-state index contributed by atoms with van der Waals surface area (Å²) < 4.78 is 22.3. The van der Waals surface area contributed by atoms with Crippen LogP contribution < -0.4 is 5.32 Å². The average molecular weight is 351 g/mol. The standard InChI is InChI=1S/C15H31N2O5P/c1-14(2)15(18)16-10-6-8-12-21-23(19,20)22-13-9-7-11-17(3,4)5/h1,6-13H2,2-5H3,(H-,16,18,19,20)/p+1. The highest BCUT2D eigenvalue weighted by molar-refractivity contribution is 7.47. The Hall–Kier alpha value is -0.720. The molecule has 0 radical (unpaired) electrons. The van der Waals surface area contributed by atoms with Crippen LogP contribution in [0.25, 0.3) is 0 Å². The van der Waals surface area contributed by atoms with Gasteiger partial charge in [-0.05, 0) is 32.6 Å². The Balaban J connectivity index is 3.63. The molecule has 1 amide bonds. The van der Waals surface area contributed by atoms with E-state index in [1.54, 1.807) is 6.92 Å². The Morgan fingerprint density at radius 2 is 1.65 bits per heavy atom. The maximum absolute atomic E-state index is 11.6. The number of hydrogen-bond donors (Lipinski definition) is 2. The Bertz CT molecular complexity index is 421. The summed E-state index contributed by atoms with van der Waals surface area (Å²) in [4.78, 5) is 20.7. The van der Waals surface area contributed by atoms with Crippen molar-refractivity contribution < 1.29 is 27.8 Å². The zero-order valence-electron chi connectivity index (χ0n) is 14.8. The highest BCUT2D eigenvalue weighted by Crippen LogP contribution is 2.43. The molecule has 136 valence electrons. The molecule has 0 rings (SSSR count). The third-order valence-corrected chi connectivity index (χ3v) is 3.99. The molecule has 23 heavy (non-hydrogen) atoms. The first kappa shape index (κ1) is 22.3. The molecule has 1 atom stereocenters. The number of phosphoric acid groups is 1. The van der Waals surface area contributed by atoms with Gasteiger partial charge in [0.25, 0.3) is 0 Å². The second kappa shape index (κ2) is 10.9. The van der Waals surface area contributed by atoms with E-state index in [9.17, 15) is 14.3 Å². The molecule has 7 nitrogen and oxygen atoms in total. The second-order valence-electron chi connectivity index (χ2n) is 6.60. The lowest BCUT2D eigenvalue weighted by Crippen LogP contribution is -2.35. The Morgan fingerprint density at radius 3 is 2.13 bits per heavy atom. The highest BCUT2D eigenvalue weighted by Gasteiger charge is 2.20. The molecular weight excluding hydrogens is 319 g/mol. The van der Waals surface area contributed by atoms with Gasteiger partial charge in [-0.2, -0.15) is 0 Å². The van der Waals surface area contributed by atoms with Crippen LogP contribution in [0.1, 0.15) is 32.6 Å². The summed E-state index contributed by atoms with van der Waals surface area (Å²) in [5, 5.41) is 2.68. The molecule has 0 aromatic heterocycles. The van der Waals surface area contributed by atoms with Crippen molar-refractivity contribution in [3.63, 3.8) is 0 Å². The van der Waals surface area contributed by atoms with Gasteiger partial charge in [0.1, 0.15) is 0 Å². The van der Waals surface area contributed by atoms with Gasteiger partial charge >= 0.3 is 7.82 Å². The fraction of sp³-hybridized carbons (Fsp3) is 0.800. The van der Waals surface area contributed by atoms with Crippen LogP contribution in [-0.4, -0.2) is 62.7 Å². The lowest BCUT2D eigenvalue weighted by molar-refractivity contribution is -0.870. The summed E-state index contributed by atoms with van der Waals surface area (Å²) in [5.74, 6) is -0.184. The smallest absolute Gasteiger partial charge is 0.352 e. The fourth-order valence-corrected chi connectivity index (χ4v) is 2.46. The van der Waals surface area contributed by atoms with Crippen molar-refractivity contribution in [2.75, 3.05) is 47.4 Å². The molecule has 0 saturated heterocycles. The zero-order valence-corrected chi connectivity index (χ0v) is 15.7. The summed E-state index contributed by atoms with van der Waals surface area (Å²) in [6.45, 7) is 6.97. The minimum atomic E-state index is -3.96. The predicted octanol–water partition coefficient (Wildman–Crippen LogP) is 2.08. The van der Waals surface area contributed by atoms with E-state index in [0.29, 0.717) is 25.0 Å². The number of carbonyl (C=O) groups is 1. The molecule has 0 aromatic rings. The quantitative estimate of drug-likeness (QED) is 0.230. The van der Waals surface area contributed by atoms with Crippen LogP contribution in [0.4, 0.5) is 0 Å². The monoisotopic (exact) mass is 351 g/mol. The van der Waals surface area contributed by atoms with Gasteiger partial charge in [0.05, 0.1) is 40.9 Å². The normalized spacial score (nSPS) is 14.3. The van der Waals surface area contributed by atoms with E-state index in [-0.39, 0.29) is 19.1 Å². The predicted molar refractivity (Wildman–Crippen MR) is 90.9 cm³/mol. The molecule has 0 aliphatic heterocycles. The number of nitrogens with zero attached hydrogens (tertiary/aromatic N) is 1. The maximum atomic E-state index is 11.6. The second-order valence-corrected chi connectivity index (χ2v) is 8.05. The summed E-state index contributed by atoms with van der Waals surface area (Å²) in [6.07, 6.45) is 2.86. The molecule has 8 heteroatoms. The van der Waals surface area contributed by atoms with Crippen LogP contribution in [0.2, 0.25) is 0 Å². The molecule has 0 heterocycles. The van der Waals surface area contributed by atoms with E-state index in [0.717, 1.165) is 23.9 Å². The van der Waals surface area contributed by atoms with Gasteiger partial charge < -0.3 is 14.7 Å². The number of rotatable bonds is 13. The number of carbonyl (C=O) groups excluding carboxylic acids is 1. The minimum absolute atomic E-state index is 0.121. The van der Waals surface area contributed by atoms with Gasteiger partial charge in [-0.25, -0.2) is 4.57 Å². The number of amides is 1. The van der Waals surface area contributed by atoms with Crippen molar-refractivity contribution in [2.24, 2.45) is 0 Å². The summed E-state index contributed by atoms with van der Waals surface area (Å²) in [6, 6.07) is 0. The van der Waals surface area contributed by atoms with E-state index in [1.807, 2.05) is 0 Å². The third-order valence-electron chi connectivity index (χ3n) is 2.98. The number of nitrogens with one attached hydrogen (secondary N) is 1. The summed E-state index contributed by atoms with van der Waals surface area (Å²) in [5.41, 5.74) is 0.458. The molecule has 0 aliphatic rings. The van der Waals surface area contributed by atoms with Crippen LogP contribution in [0, 0.1) is 0 Å². The van der Waals surface area contributed by atoms with Crippen LogP contribution in [-0.2, 0) is 18.4 Å². The topological polar surface area (TPSA) is 84.9 Å². The van der Waals surface area contributed by atoms with E-state index in [2.05, 4.69) is 33.0 Å². The largest absolute Gasteiger partial charge is 0.472 e.